The van der Waals surface area contributed by atoms with Gasteiger partial charge in [-0.15, -0.1) is 0 Å². The van der Waals surface area contributed by atoms with Crippen LogP contribution in [0.2, 0.25) is 0 Å². The van der Waals surface area contributed by atoms with Crippen LogP contribution in [-0.2, 0) is 0 Å². The number of rotatable bonds is 4. The Morgan fingerprint density at radius 2 is 1.92 bits per heavy atom. The molecule has 0 atom stereocenters. The van der Waals surface area contributed by atoms with Crippen molar-refractivity contribution in [3.05, 3.63) is 41.7 Å². The molecule has 6 heteroatoms. The number of ether oxygens (including phenoxy) is 1. The maximum Gasteiger partial charge on any atom is 0.272 e. The summed E-state index contributed by atoms with van der Waals surface area (Å²) in [7, 11) is 1.62. The van der Waals surface area contributed by atoms with Crippen molar-refractivity contribution in [3.63, 3.8) is 0 Å². The molecule has 1 aliphatic heterocycles. The zero-order chi connectivity index (χ0) is 17.6. The first kappa shape index (κ1) is 17.2. The number of nitrogens with one attached hydrogen (secondary N) is 1. The molecule has 0 saturated carbocycles. The minimum absolute atomic E-state index is 0.0245. The number of amides is 1. The summed E-state index contributed by atoms with van der Waals surface area (Å²) in [6.07, 6.45) is 6.11. The minimum atomic E-state index is -0.0245. The molecular weight excluding hydrogens is 316 g/mol. The Bertz CT molecular complexity index is 740. The number of benzene rings is 1. The summed E-state index contributed by atoms with van der Waals surface area (Å²) in [5.74, 6) is 1.08. The average molecular weight is 340 g/mol. The molecule has 0 unspecified atom stereocenters. The van der Waals surface area contributed by atoms with Crippen LogP contribution in [0.15, 0.2) is 30.5 Å². The van der Waals surface area contributed by atoms with Gasteiger partial charge < -0.3 is 15.0 Å². The number of nitrogens with zero attached hydrogens (tertiary/aromatic N) is 3. The van der Waals surface area contributed by atoms with Crippen molar-refractivity contribution >= 4 is 17.5 Å². The van der Waals surface area contributed by atoms with E-state index >= 15 is 0 Å². The van der Waals surface area contributed by atoms with Crippen LogP contribution in [-0.4, -0.2) is 41.0 Å². The normalized spacial score (nSPS) is 14.7. The lowest BCUT2D eigenvalue weighted by atomic mass is 10.2. The molecule has 132 valence electrons. The number of hydrogen-bond acceptors (Lipinski definition) is 5. The summed E-state index contributed by atoms with van der Waals surface area (Å²) in [4.78, 5) is 23.3. The number of carbonyl (C=O) groups excluding carboxylic acids is 1. The number of aromatic nitrogens is 2. The Morgan fingerprint density at radius 3 is 2.64 bits per heavy atom. The summed E-state index contributed by atoms with van der Waals surface area (Å²) < 4.78 is 5.37. The van der Waals surface area contributed by atoms with Crippen LogP contribution in [0.25, 0.3) is 0 Å². The predicted octanol–water partition coefficient (Wildman–Crippen LogP) is 3.55. The molecule has 0 bridgehead atoms. The highest BCUT2D eigenvalue weighted by atomic mass is 16.5. The predicted molar refractivity (Wildman–Crippen MR) is 97.4 cm³/mol. The minimum Gasteiger partial charge on any atom is -0.495 e. The zero-order valence-corrected chi connectivity index (χ0v) is 14.8. The Kier molecular flexibility index (Phi) is 5.48. The number of likely N-dealkylation sites (tertiary alicyclic amines) is 1. The standard InChI is InChI=1S/C19H24N4O2/c1-14-7-8-17(25-2)16(13-14)22-19-20-10-9-15(21-19)18(24)23-11-5-3-4-6-12-23/h7-10,13H,3-6,11-12H2,1-2H3,(H,20,21,22). The topological polar surface area (TPSA) is 67.3 Å². The first-order chi connectivity index (χ1) is 12.2. The lowest BCUT2D eigenvalue weighted by Gasteiger charge is -2.20. The average Bonchev–Trinajstić information content (AvgIpc) is 2.91. The van der Waals surface area contributed by atoms with Crippen LogP contribution < -0.4 is 10.1 Å². The summed E-state index contributed by atoms with van der Waals surface area (Å²) in [6, 6.07) is 7.51. The van der Waals surface area contributed by atoms with E-state index in [2.05, 4.69) is 15.3 Å². The van der Waals surface area contributed by atoms with Gasteiger partial charge in [-0.1, -0.05) is 18.9 Å². The first-order valence-corrected chi connectivity index (χ1v) is 8.71. The van der Waals surface area contributed by atoms with Gasteiger partial charge in [0.2, 0.25) is 5.95 Å². The molecule has 2 aromatic rings. The molecule has 25 heavy (non-hydrogen) atoms. The Hall–Kier alpha value is -2.63. The summed E-state index contributed by atoms with van der Waals surface area (Å²) in [6.45, 7) is 3.61. The number of aryl methyl sites for hydroxylation is 1. The number of hydrogen-bond donors (Lipinski definition) is 1. The van der Waals surface area contributed by atoms with Gasteiger partial charge in [0.1, 0.15) is 11.4 Å². The van der Waals surface area contributed by atoms with E-state index in [1.807, 2.05) is 30.0 Å². The van der Waals surface area contributed by atoms with Crippen LogP contribution in [0, 0.1) is 6.92 Å². The van der Waals surface area contributed by atoms with Gasteiger partial charge in [-0.3, -0.25) is 4.79 Å². The highest BCUT2D eigenvalue weighted by molar-refractivity contribution is 5.92. The maximum absolute atomic E-state index is 12.7. The van der Waals surface area contributed by atoms with E-state index in [0.717, 1.165) is 37.2 Å². The SMILES string of the molecule is COc1ccc(C)cc1Nc1nccc(C(=O)N2CCCCCC2)n1. The Balaban J connectivity index is 1.79. The van der Waals surface area contributed by atoms with E-state index in [-0.39, 0.29) is 5.91 Å². The summed E-state index contributed by atoms with van der Waals surface area (Å²) in [5.41, 5.74) is 2.30. The monoisotopic (exact) mass is 340 g/mol. The number of anilines is 2. The molecule has 1 fully saturated rings. The zero-order valence-electron chi connectivity index (χ0n) is 14.8. The van der Waals surface area contributed by atoms with E-state index in [9.17, 15) is 4.79 Å². The third-order valence-electron chi connectivity index (χ3n) is 4.37. The van der Waals surface area contributed by atoms with Gasteiger partial charge in [-0.05, 0) is 43.5 Å². The second-order valence-corrected chi connectivity index (χ2v) is 6.30. The second kappa shape index (κ2) is 7.96. The number of methoxy groups -OCH3 is 1. The van der Waals surface area contributed by atoms with E-state index in [1.165, 1.54) is 12.8 Å². The van der Waals surface area contributed by atoms with Gasteiger partial charge >= 0.3 is 0 Å². The highest BCUT2D eigenvalue weighted by Gasteiger charge is 2.19. The molecule has 1 aromatic carbocycles. The van der Waals surface area contributed by atoms with Crippen LogP contribution in [0.4, 0.5) is 11.6 Å². The van der Waals surface area contributed by atoms with Crippen LogP contribution in [0.3, 0.4) is 0 Å². The molecular formula is C19H24N4O2. The van der Waals surface area contributed by atoms with Crippen LogP contribution >= 0.6 is 0 Å². The van der Waals surface area contributed by atoms with Gasteiger partial charge in [0.15, 0.2) is 0 Å². The van der Waals surface area contributed by atoms with Crippen molar-refractivity contribution < 1.29 is 9.53 Å². The Labute approximate surface area is 148 Å². The van der Waals surface area contributed by atoms with Gasteiger partial charge in [-0.25, -0.2) is 9.97 Å². The highest BCUT2D eigenvalue weighted by Crippen LogP contribution is 2.27. The van der Waals surface area contributed by atoms with Gasteiger partial charge in [0.05, 0.1) is 12.8 Å². The third kappa shape index (κ3) is 4.26. The molecule has 3 rings (SSSR count). The largest absolute Gasteiger partial charge is 0.495 e. The van der Waals surface area contributed by atoms with Crippen molar-refractivity contribution in [2.24, 2.45) is 0 Å². The maximum atomic E-state index is 12.7. The Morgan fingerprint density at radius 1 is 1.16 bits per heavy atom. The quantitative estimate of drug-likeness (QED) is 0.922. The molecule has 1 aliphatic rings. The fourth-order valence-electron chi connectivity index (χ4n) is 3.01. The van der Waals surface area contributed by atoms with Gasteiger partial charge in [-0.2, -0.15) is 0 Å². The number of carbonyl (C=O) groups is 1. The molecule has 1 N–H and O–H groups in total. The fraction of sp³-hybridized carbons (Fsp3) is 0.421. The molecule has 6 nitrogen and oxygen atoms in total. The van der Waals surface area contributed by atoms with Crippen LogP contribution in [0.5, 0.6) is 5.75 Å². The molecule has 1 saturated heterocycles. The van der Waals surface area contributed by atoms with Crippen LogP contribution in [0.1, 0.15) is 41.7 Å². The van der Waals surface area contributed by atoms with E-state index < -0.39 is 0 Å². The van der Waals surface area contributed by atoms with Crippen molar-refractivity contribution in [1.82, 2.24) is 14.9 Å². The first-order valence-electron chi connectivity index (χ1n) is 8.71. The van der Waals surface area contributed by atoms with Crippen molar-refractivity contribution in [2.75, 3.05) is 25.5 Å². The molecule has 0 spiro atoms. The smallest absolute Gasteiger partial charge is 0.272 e. The second-order valence-electron chi connectivity index (χ2n) is 6.30. The molecule has 0 radical (unpaired) electrons. The van der Waals surface area contributed by atoms with Crippen molar-refractivity contribution in [2.45, 2.75) is 32.6 Å². The van der Waals surface area contributed by atoms with E-state index in [4.69, 9.17) is 4.74 Å². The van der Waals surface area contributed by atoms with Gasteiger partial charge in [0.25, 0.3) is 5.91 Å². The third-order valence-corrected chi connectivity index (χ3v) is 4.37. The molecule has 1 aromatic heterocycles. The van der Waals surface area contributed by atoms with Gasteiger partial charge in [0, 0.05) is 19.3 Å². The molecule has 1 amide bonds. The fourth-order valence-corrected chi connectivity index (χ4v) is 3.01. The van der Waals surface area contributed by atoms with Crippen molar-refractivity contribution in [1.29, 1.82) is 0 Å². The van der Waals surface area contributed by atoms with E-state index in [1.54, 1.807) is 19.4 Å². The summed E-state index contributed by atoms with van der Waals surface area (Å²) >= 11 is 0. The lowest BCUT2D eigenvalue weighted by Crippen LogP contribution is -2.32. The molecule has 0 aliphatic carbocycles. The summed E-state index contributed by atoms with van der Waals surface area (Å²) in [5, 5.41) is 3.16. The lowest BCUT2D eigenvalue weighted by molar-refractivity contribution is 0.0755. The van der Waals surface area contributed by atoms with Crippen molar-refractivity contribution in [3.8, 4) is 5.75 Å². The van der Waals surface area contributed by atoms with E-state index in [0.29, 0.717) is 17.4 Å². The molecule has 2 heterocycles.